The van der Waals surface area contributed by atoms with E-state index in [1.165, 1.54) is 19.1 Å². The Labute approximate surface area is 141 Å². The van der Waals surface area contributed by atoms with E-state index in [0.717, 1.165) is 5.56 Å². The van der Waals surface area contributed by atoms with Gasteiger partial charge in [-0.2, -0.15) is 8.42 Å². The molecule has 0 aliphatic heterocycles. The molecule has 2 rings (SSSR count). The summed E-state index contributed by atoms with van der Waals surface area (Å²) in [6.45, 7) is 3.24. The molecule has 0 heterocycles. The van der Waals surface area contributed by atoms with E-state index in [0.29, 0.717) is 11.4 Å². The van der Waals surface area contributed by atoms with Crippen molar-refractivity contribution < 1.29 is 22.1 Å². The fraction of sp³-hybridized carbons (Fsp3) is 0.235. The largest absolute Gasteiger partial charge is 0.491 e. The number of carbonyl (C=O) groups excluding carboxylic acids is 1. The Balaban J connectivity index is 1.86. The van der Waals surface area contributed by atoms with E-state index in [1.54, 1.807) is 36.4 Å². The lowest BCUT2D eigenvalue weighted by Gasteiger charge is -2.09. The van der Waals surface area contributed by atoms with Crippen molar-refractivity contribution in [1.29, 1.82) is 0 Å². The van der Waals surface area contributed by atoms with Crippen molar-refractivity contribution in [3.05, 3.63) is 54.1 Å². The van der Waals surface area contributed by atoms with Crippen molar-refractivity contribution in [3.63, 3.8) is 0 Å². The Morgan fingerprint density at radius 2 is 1.79 bits per heavy atom. The SMILES string of the molecule is CC(=O)Nc1cccc(OCCOS(=O)(=O)c2ccc(C)cc2)c1. The molecule has 2 aromatic carbocycles. The summed E-state index contributed by atoms with van der Waals surface area (Å²) < 4.78 is 34.4. The van der Waals surface area contributed by atoms with E-state index in [4.69, 9.17) is 8.92 Å². The van der Waals surface area contributed by atoms with E-state index < -0.39 is 10.1 Å². The molecule has 0 aliphatic rings. The fourth-order valence-corrected chi connectivity index (χ4v) is 2.84. The van der Waals surface area contributed by atoms with Crippen LogP contribution in [0.25, 0.3) is 0 Å². The second kappa shape index (κ2) is 7.94. The molecule has 0 fully saturated rings. The molecular formula is C17H19NO5S. The summed E-state index contributed by atoms with van der Waals surface area (Å²) in [5.41, 5.74) is 1.57. The first-order chi connectivity index (χ1) is 11.4. The molecule has 0 bridgehead atoms. The number of anilines is 1. The van der Waals surface area contributed by atoms with Crippen LogP contribution in [0.5, 0.6) is 5.75 Å². The average Bonchev–Trinajstić information content (AvgIpc) is 2.52. The number of nitrogens with one attached hydrogen (secondary N) is 1. The molecule has 24 heavy (non-hydrogen) atoms. The summed E-state index contributed by atoms with van der Waals surface area (Å²) in [7, 11) is -3.79. The van der Waals surface area contributed by atoms with Crippen LogP contribution in [-0.4, -0.2) is 27.5 Å². The van der Waals surface area contributed by atoms with Crippen LogP contribution >= 0.6 is 0 Å². The van der Waals surface area contributed by atoms with Crippen molar-refractivity contribution >= 4 is 21.7 Å². The van der Waals surface area contributed by atoms with E-state index in [1.807, 2.05) is 6.92 Å². The summed E-state index contributed by atoms with van der Waals surface area (Å²) in [5.74, 6) is 0.331. The first kappa shape index (κ1) is 18.0. The Morgan fingerprint density at radius 1 is 1.08 bits per heavy atom. The lowest BCUT2D eigenvalue weighted by atomic mass is 10.2. The van der Waals surface area contributed by atoms with Crippen LogP contribution in [0.4, 0.5) is 5.69 Å². The van der Waals surface area contributed by atoms with Crippen molar-refractivity contribution in [2.24, 2.45) is 0 Å². The molecule has 128 valence electrons. The van der Waals surface area contributed by atoms with Crippen molar-refractivity contribution in [1.82, 2.24) is 0 Å². The minimum atomic E-state index is -3.79. The maximum Gasteiger partial charge on any atom is 0.297 e. The number of hydrogen-bond donors (Lipinski definition) is 1. The zero-order valence-corrected chi connectivity index (χ0v) is 14.3. The molecule has 0 unspecified atom stereocenters. The molecule has 0 spiro atoms. The van der Waals surface area contributed by atoms with Gasteiger partial charge in [0.2, 0.25) is 5.91 Å². The standard InChI is InChI=1S/C17H19NO5S/c1-13-6-8-17(9-7-13)24(20,21)23-11-10-22-16-5-3-4-15(12-16)18-14(2)19/h3-9,12H,10-11H2,1-2H3,(H,18,19). The Morgan fingerprint density at radius 3 is 2.46 bits per heavy atom. The Bertz CT molecular complexity index is 800. The minimum absolute atomic E-state index is 0.0641. The summed E-state index contributed by atoms with van der Waals surface area (Å²) >= 11 is 0. The quantitative estimate of drug-likeness (QED) is 0.614. The molecule has 0 aromatic heterocycles. The lowest BCUT2D eigenvalue weighted by Crippen LogP contribution is -2.13. The van der Waals surface area contributed by atoms with Crippen LogP contribution in [0.15, 0.2) is 53.4 Å². The van der Waals surface area contributed by atoms with Crippen LogP contribution in [0.1, 0.15) is 12.5 Å². The summed E-state index contributed by atoms with van der Waals surface area (Å²) in [4.78, 5) is 11.1. The predicted molar refractivity (Wildman–Crippen MR) is 90.6 cm³/mol. The highest BCUT2D eigenvalue weighted by Gasteiger charge is 2.14. The number of carbonyl (C=O) groups is 1. The van der Waals surface area contributed by atoms with Crippen molar-refractivity contribution in [3.8, 4) is 5.75 Å². The zero-order valence-electron chi connectivity index (χ0n) is 13.5. The second-order valence-corrected chi connectivity index (χ2v) is 6.76. The predicted octanol–water partition coefficient (Wildman–Crippen LogP) is 2.74. The zero-order chi connectivity index (χ0) is 17.6. The minimum Gasteiger partial charge on any atom is -0.491 e. The van der Waals surface area contributed by atoms with E-state index >= 15 is 0 Å². The summed E-state index contributed by atoms with van der Waals surface area (Å²) in [6.07, 6.45) is 0. The van der Waals surface area contributed by atoms with E-state index in [9.17, 15) is 13.2 Å². The summed E-state index contributed by atoms with van der Waals surface area (Å²) in [5, 5.41) is 2.64. The molecule has 0 radical (unpaired) electrons. The van der Waals surface area contributed by atoms with Gasteiger partial charge in [0, 0.05) is 18.7 Å². The molecule has 0 saturated heterocycles. The maximum atomic E-state index is 12.0. The number of hydrogen-bond acceptors (Lipinski definition) is 5. The summed E-state index contributed by atoms with van der Waals surface area (Å²) in [6, 6.07) is 13.2. The maximum absolute atomic E-state index is 12.0. The number of amides is 1. The number of aryl methyl sites for hydroxylation is 1. The van der Waals surface area contributed by atoms with Gasteiger partial charge in [-0.05, 0) is 31.2 Å². The van der Waals surface area contributed by atoms with E-state index in [2.05, 4.69) is 5.32 Å². The Kier molecular flexibility index (Phi) is 5.94. The normalized spacial score (nSPS) is 11.1. The van der Waals surface area contributed by atoms with Crippen LogP contribution in [0.3, 0.4) is 0 Å². The van der Waals surface area contributed by atoms with Gasteiger partial charge in [-0.25, -0.2) is 0 Å². The Hall–Kier alpha value is -2.38. The van der Waals surface area contributed by atoms with Gasteiger partial charge in [0.1, 0.15) is 19.0 Å². The molecule has 1 N–H and O–H groups in total. The van der Waals surface area contributed by atoms with Crippen LogP contribution in [-0.2, 0) is 19.1 Å². The first-order valence-corrected chi connectivity index (χ1v) is 8.74. The van der Waals surface area contributed by atoms with E-state index in [-0.39, 0.29) is 24.0 Å². The molecule has 6 nitrogen and oxygen atoms in total. The van der Waals surface area contributed by atoms with Gasteiger partial charge in [0.15, 0.2) is 0 Å². The lowest BCUT2D eigenvalue weighted by molar-refractivity contribution is -0.114. The molecule has 7 heteroatoms. The van der Waals surface area contributed by atoms with Crippen molar-refractivity contribution in [2.45, 2.75) is 18.7 Å². The highest BCUT2D eigenvalue weighted by molar-refractivity contribution is 7.86. The molecular weight excluding hydrogens is 330 g/mol. The highest BCUT2D eigenvalue weighted by atomic mass is 32.2. The fourth-order valence-electron chi connectivity index (χ4n) is 1.94. The monoisotopic (exact) mass is 349 g/mol. The van der Waals surface area contributed by atoms with Gasteiger partial charge in [-0.3, -0.25) is 8.98 Å². The smallest absolute Gasteiger partial charge is 0.297 e. The average molecular weight is 349 g/mol. The van der Waals surface area contributed by atoms with Gasteiger partial charge in [0.25, 0.3) is 10.1 Å². The third-order valence-electron chi connectivity index (χ3n) is 3.05. The highest BCUT2D eigenvalue weighted by Crippen LogP contribution is 2.17. The number of rotatable bonds is 7. The number of benzene rings is 2. The molecule has 0 saturated carbocycles. The van der Waals surface area contributed by atoms with Gasteiger partial charge >= 0.3 is 0 Å². The number of ether oxygens (including phenoxy) is 1. The third kappa shape index (κ3) is 5.36. The van der Waals surface area contributed by atoms with Crippen LogP contribution < -0.4 is 10.1 Å². The van der Waals surface area contributed by atoms with Gasteiger partial charge in [-0.15, -0.1) is 0 Å². The first-order valence-electron chi connectivity index (χ1n) is 7.33. The molecule has 2 aromatic rings. The topological polar surface area (TPSA) is 81.7 Å². The van der Waals surface area contributed by atoms with Gasteiger partial charge in [0.05, 0.1) is 4.90 Å². The van der Waals surface area contributed by atoms with Crippen LogP contribution in [0.2, 0.25) is 0 Å². The molecule has 0 atom stereocenters. The van der Waals surface area contributed by atoms with Gasteiger partial charge in [-0.1, -0.05) is 23.8 Å². The second-order valence-electron chi connectivity index (χ2n) is 5.15. The van der Waals surface area contributed by atoms with Gasteiger partial charge < -0.3 is 10.1 Å². The van der Waals surface area contributed by atoms with Crippen molar-refractivity contribution in [2.75, 3.05) is 18.5 Å². The van der Waals surface area contributed by atoms with Crippen LogP contribution in [0, 0.1) is 6.92 Å². The third-order valence-corrected chi connectivity index (χ3v) is 4.38. The molecule has 0 aliphatic carbocycles. The molecule has 1 amide bonds.